The molecule has 0 unspecified atom stereocenters. The number of benzene rings is 1. The lowest BCUT2D eigenvalue weighted by atomic mass is 10.0. The van der Waals surface area contributed by atoms with Crippen LogP contribution in [0.5, 0.6) is 0 Å². The number of morpholine rings is 1. The number of primary amides is 1. The molecule has 2 rings (SSSR count). The minimum absolute atomic E-state index is 0.0989. The molecule has 1 heterocycles. The Morgan fingerprint density at radius 1 is 1.38 bits per heavy atom. The summed E-state index contributed by atoms with van der Waals surface area (Å²) in [6.07, 6.45) is 0. The minimum Gasteiger partial charge on any atom is -0.379 e. The minimum atomic E-state index is -4.16. The van der Waals surface area contributed by atoms with E-state index >= 15 is 0 Å². The van der Waals surface area contributed by atoms with Crippen molar-refractivity contribution >= 4 is 21.6 Å². The van der Waals surface area contributed by atoms with Gasteiger partial charge in [-0.3, -0.25) is 19.8 Å². The van der Waals surface area contributed by atoms with Crippen LogP contribution < -0.4 is 10.5 Å². The predicted molar refractivity (Wildman–Crippen MR) is 93.5 cm³/mol. The molecular weight excluding hydrogens is 364 g/mol. The third kappa shape index (κ3) is 4.36. The lowest BCUT2D eigenvalue weighted by Gasteiger charge is -2.26. The number of aryl methyl sites for hydroxylation is 1. The Hall–Kier alpha value is -2.08. The van der Waals surface area contributed by atoms with Crippen LogP contribution >= 0.6 is 0 Å². The highest BCUT2D eigenvalue weighted by atomic mass is 32.2. The van der Waals surface area contributed by atoms with E-state index in [2.05, 4.69) is 4.72 Å². The Balaban J connectivity index is 2.35. The molecule has 1 aliphatic heterocycles. The summed E-state index contributed by atoms with van der Waals surface area (Å²) in [7, 11) is -4.16. The van der Waals surface area contributed by atoms with Gasteiger partial charge in [0.05, 0.1) is 18.1 Å². The molecular formula is C15H22N4O6S. The van der Waals surface area contributed by atoms with Crippen molar-refractivity contribution < 1.29 is 22.9 Å². The van der Waals surface area contributed by atoms with Crippen molar-refractivity contribution in [3.63, 3.8) is 0 Å². The Morgan fingerprint density at radius 3 is 2.54 bits per heavy atom. The van der Waals surface area contributed by atoms with Crippen LogP contribution in [0.1, 0.15) is 21.5 Å². The first kappa shape index (κ1) is 20.2. The number of rotatable bonds is 7. The molecule has 0 radical (unpaired) electrons. The highest BCUT2D eigenvalue weighted by Gasteiger charge is 2.32. The average molecular weight is 386 g/mol. The summed E-state index contributed by atoms with van der Waals surface area (Å²) in [6, 6.07) is 1.15. The summed E-state index contributed by atoms with van der Waals surface area (Å²) in [5.74, 6) is -1.16. The number of nitrogens with two attached hydrogens (primary N) is 1. The van der Waals surface area contributed by atoms with Gasteiger partial charge in [0.15, 0.2) is 0 Å². The van der Waals surface area contributed by atoms with Crippen molar-refractivity contribution in [2.45, 2.75) is 18.7 Å². The Bertz CT molecular complexity index is 818. The van der Waals surface area contributed by atoms with Crippen LogP contribution in [0.25, 0.3) is 0 Å². The first-order valence-electron chi connectivity index (χ1n) is 8.03. The number of nitrogens with one attached hydrogen (secondary N) is 1. The van der Waals surface area contributed by atoms with E-state index in [1.54, 1.807) is 6.92 Å². The van der Waals surface area contributed by atoms with Gasteiger partial charge in [-0.1, -0.05) is 0 Å². The van der Waals surface area contributed by atoms with Crippen molar-refractivity contribution in [2.24, 2.45) is 5.73 Å². The largest absolute Gasteiger partial charge is 0.379 e. The van der Waals surface area contributed by atoms with Crippen LogP contribution in [0.4, 0.5) is 5.69 Å². The molecule has 0 spiro atoms. The van der Waals surface area contributed by atoms with Crippen molar-refractivity contribution in [1.82, 2.24) is 9.62 Å². The second-order valence-corrected chi connectivity index (χ2v) is 7.72. The summed E-state index contributed by atoms with van der Waals surface area (Å²) >= 11 is 0. The normalized spacial score (nSPS) is 15.8. The summed E-state index contributed by atoms with van der Waals surface area (Å²) in [5.41, 5.74) is 4.68. The molecule has 0 saturated carbocycles. The maximum absolute atomic E-state index is 12.8. The van der Waals surface area contributed by atoms with Crippen LogP contribution in [-0.4, -0.2) is 63.5 Å². The van der Waals surface area contributed by atoms with Gasteiger partial charge in [-0.25, -0.2) is 13.1 Å². The zero-order chi connectivity index (χ0) is 19.5. The zero-order valence-corrected chi connectivity index (χ0v) is 15.5. The van der Waals surface area contributed by atoms with E-state index in [1.165, 1.54) is 6.92 Å². The molecule has 1 amide bonds. The lowest BCUT2D eigenvalue weighted by molar-refractivity contribution is -0.385. The van der Waals surface area contributed by atoms with Crippen LogP contribution in [0.2, 0.25) is 0 Å². The second-order valence-electron chi connectivity index (χ2n) is 6.01. The van der Waals surface area contributed by atoms with E-state index in [0.29, 0.717) is 38.4 Å². The molecule has 1 aliphatic rings. The number of sulfonamides is 1. The number of amides is 1. The van der Waals surface area contributed by atoms with E-state index < -0.39 is 37.0 Å². The first-order valence-corrected chi connectivity index (χ1v) is 9.51. The summed E-state index contributed by atoms with van der Waals surface area (Å²) in [5, 5.41) is 11.3. The van der Waals surface area contributed by atoms with Gasteiger partial charge in [0, 0.05) is 32.2 Å². The molecule has 10 nitrogen and oxygen atoms in total. The Morgan fingerprint density at radius 2 is 2.00 bits per heavy atom. The second kappa shape index (κ2) is 8.08. The van der Waals surface area contributed by atoms with Gasteiger partial charge < -0.3 is 10.5 Å². The highest BCUT2D eigenvalue weighted by molar-refractivity contribution is 7.89. The SMILES string of the molecule is Cc1cc([N+](=O)[O-])c(C(N)=O)c(S(=O)(=O)NCCN2CCOCC2)c1C. The molecule has 26 heavy (non-hydrogen) atoms. The van der Waals surface area contributed by atoms with E-state index in [1.807, 2.05) is 4.90 Å². The molecule has 1 aromatic rings. The van der Waals surface area contributed by atoms with Gasteiger partial charge in [0.25, 0.3) is 11.6 Å². The van der Waals surface area contributed by atoms with Gasteiger partial charge in [0.2, 0.25) is 10.0 Å². The number of hydrogen-bond donors (Lipinski definition) is 2. The summed E-state index contributed by atoms with van der Waals surface area (Å²) in [6.45, 7) is 6.15. The predicted octanol–water partition coefficient (Wildman–Crippen LogP) is -0.0790. The summed E-state index contributed by atoms with van der Waals surface area (Å²) < 4.78 is 33.2. The average Bonchev–Trinajstić information content (AvgIpc) is 2.56. The quantitative estimate of drug-likeness (QED) is 0.492. The summed E-state index contributed by atoms with van der Waals surface area (Å²) in [4.78, 5) is 23.8. The van der Waals surface area contributed by atoms with Crippen molar-refractivity contribution in [3.8, 4) is 0 Å². The van der Waals surface area contributed by atoms with Gasteiger partial charge in [-0.15, -0.1) is 0 Å². The molecule has 1 aromatic carbocycles. The Kier molecular flexibility index (Phi) is 6.29. The van der Waals surface area contributed by atoms with Gasteiger partial charge >= 0.3 is 0 Å². The lowest BCUT2D eigenvalue weighted by Crippen LogP contribution is -2.41. The molecule has 144 valence electrons. The van der Waals surface area contributed by atoms with Crippen LogP contribution in [0.15, 0.2) is 11.0 Å². The van der Waals surface area contributed by atoms with Crippen molar-refractivity contribution in [3.05, 3.63) is 32.9 Å². The van der Waals surface area contributed by atoms with Gasteiger partial charge in [-0.05, 0) is 25.0 Å². The topological polar surface area (TPSA) is 145 Å². The molecule has 0 bridgehead atoms. The van der Waals surface area contributed by atoms with Crippen molar-refractivity contribution in [1.29, 1.82) is 0 Å². The number of ether oxygens (including phenoxy) is 1. The fraction of sp³-hybridized carbons (Fsp3) is 0.533. The highest BCUT2D eigenvalue weighted by Crippen LogP contribution is 2.31. The molecule has 0 aliphatic carbocycles. The van der Waals surface area contributed by atoms with Crippen LogP contribution in [0.3, 0.4) is 0 Å². The van der Waals surface area contributed by atoms with Gasteiger partial charge in [0.1, 0.15) is 10.5 Å². The molecule has 1 saturated heterocycles. The molecule has 11 heteroatoms. The fourth-order valence-electron chi connectivity index (χ4n) is 2.82. The Labute approximate surface area is 151 Å². The number of nitro groups is 1. The molecule has 3 N–H and O–H groups in total. The third-order valence-corrected chi connectivity index (χ3v) is 5.94. The fourth-order valence-corrected chi connectivity index (χ4v) is 4.36. The van der Waals surface area contributed by atoms with Crippen LogP contribution in [0, 0.1) is 24.0 Å². The van der Waals surface area contributed by atoms with E-state index in [-0.39, 0.29) is 12.1 Å². The maximum atomic E-state index is 12.8. The van der Waals surface area contributed by atoms with Gasteiger partial charge in [-0.2, -0.15) is 0 Å². The van der Waals surface area contributed by atoms with E-state index in [9.17, 15) is 23.3 Å². The standard InChI is InChI=1S/C15H22N4O6S/c1-10-9-12(19(21)22)13(15(16)20)14(11(10)2)26(23,24)17-3-4-18-5-7-25-8-6-18/h9,17H,3-8H2,1-2H3,(H2,16,20). The third-order valence-electron chi connectivity index (χ3n) is 4.30. The number of carbonyl (C=O) groups is 1. The van der Waals surface area contributed by atoms with E-state index in [0.717, 1.165) is 6.07 Å². The maximum Gasteiger partial charge on any atom is 0.283 e. The number of hydrogen-bond acceptors (Lipinski definition) is 7. The van der Waals surface area contributed by atoms with Crippen LogP contribution in [-0.2, 0) is 14.8 Å². The zero-order valence-electron chi connectivity index (χ0n) is 14.6. The monoisotopic (exact) mass is 386 g/mol. The molecule has 0 aromatic heterocycles. The van der Waals surface area contributed by atoms with Crippen molar-refractivity contribution in [2.75, 3.05) is 39.4 Å². The smallest absolute Gasteiger partial charge is 0.283 e. The number of nitrogens with zero attached hydrogens (tertiary/aromatic N) is 2. The molecule has 0 atom stereocenters. The number of carbonyl (C=O) groups excluding carboxylic acids is 1. The van der Waals surface area contributed by atoms with E-state index in [4.69, 9.17) is 10.5 Å². The molecule has 1 fully saturated rings. The number of nitro benzene ring substituents is 1. The first-order chi connectivity index (χ1) is 12.1.